The first-order valence-corrected chi connectivity index (χ1v) is 8.76. The van der Waals surface area contributed by atoms with E-state index in [1.165, 1.54) is 29.5 Å². The van der Waals surface area contributed by atoms with E-state index in [0.29, 0.717) is 20.6 Å². The van der Waals surface area contributed by atoms with Crippen molar-refractivity contribution in [1.82, 2.24) is 4.98 Å². The average molecular weight is 399 g/mol. The highest BCUT2D eigenvalue weighted by Gasteiger charge is 2.16. The summed E-state index contributed by atoms with van der Waals surface area (Å²) in [4.78, 5) is 26.3. The second-order valence-electron chi connectivity index (χ2n) is 4.95. The first kappa shape index (κ1) is 18.1. The number of thiazole rings is 1. The van der Waals surface area contributed by atoms with Crippen molar-refractivity contribution in [2.45, 2.75) is 4.34 Å². The zero-order valence-electron chi connectivity index (χ0n) is 12.7. The van der Waals surface area contributed by atoms with E-state index in [1.807, 2.05) is 0 Å². The molecule has 2 aromatic carbocycles. The maximum absolute atomic E-state index is 13.5. The van der Waals surface area contributed by atoms with Gasteiger partial charge in [-0.05, 0) is 18.2 Å². The molecule has 0 radical (unpaired) electrons. The van der Waals surface area contributed by atoms with Crippen molar-refractivity contribution in [3.05, 3.63) is 57.9 Å². The number of amides is 1. The summed E-state index contributed by atoms with van der Waals surface area (Å²) in [5.74, 6) is -5.28. The fourth-order valence-corrected chi connectivity index (χ4v) is 3.90. The van der Waals surface area contributed by atoms with E-state index in [9.17, 15) is 28.1 Å². The van der Waals surface area contributed by atoms with Gasteiger partial charge in [0, 0.05) is 12.1 Å². The largest absolute Gasteiger partial charge is 0.323 e. The van der Waals surface area contributed by atoms with Crippen molar-refractivity contribution in [2.24, 2.45) is 0 Å². The van der Waals surface area contributed by atoms with Crippen LogP contribution in [0.15, 0.2) is 34.7 Å². The fourth-order valence-electron chi connectivity index (χ4n) is 2.00. The lowest BCUT2D eigenvalue weighted by molar-refractivity contribution is -0.384. The summed E-state index contributed by atoms with van der Waals surface area (Å²) in [7, 11) is 0. The third-order valence-corrected chi connectivity index (χ3v) is 5.36. The van der Waals surface area contributed by atoms with E-state index in [0.717, 1.165) is 17.8 Å². The average Bonchev–Trinajstić information content (AvgIpc) is 3.02. The quantitative estimate of drug-likeness (QED) is 0.298. The molecule has 1 N–H and O–H groups in total. The number of thioether (sulfide) groups is 1. The minimum atomic E-state index is -1.66. The first-order valence-electron chi connectivity index (χ1n) is 6.96. The predicted octanol–water partition coefficient (Wildman–Crippen LogP) is 4.35. The lowest BCUT2D eigenvalue weighted by atomic mass is 10.3. The third kappa shape index (κ3) is 3.78. The molecule has 0 aliphatic heterocycles. The van der Waals surface area contributed by atoms with Gasteiger partial charge in [0.1, 0.15) is 0 Å². The second kappa shape index (κ2) is 7.30. The Labute approximate surface area is 152 Å². The van der Waals surface area contributed by atoms with Gasteiger partial charge in [-0.15, -0.1) is 11.3 Å². The number of carbonyl (C=O) groups is 1. The van der Waals surface area contributed by atoms with Crippen LogP contribution in [0.25, 0.3) is 10.2 Å². The maximum Gasteiger partial charge on any atom is 0.270 e. The van der Waals surface area contributed by atoms with E-state index in [-0.39, 0.29) is 11.4 Å². The minimum Gasteiger partial charge on any atom is -0.323 e. The summed E-state index contributed by atoms with van der Waals surface area (Å²) in [5.41, 5.74) is 0.0221. The molecule has 0 aliphatic rings. The zero-order valence-corrected chi connectivity index (χ0v) is 14.3. The number of rotatable bonds is 5. The van der Waals surface area contributed by atoms with Gasteiger partial charge in [-0.2, -0.15) is 0 Å². The van der Waals surface area contributed by atoms with Crippen LogP contribution in [-0.4, -0.2) is 21.6 Å². The van der Waals surface area contributed by atoms with Crippen molar-refractivity contribution < 1.29 is 22.9 Å². The monoisotopic (exact) mass is 399 g/mol. The molecule has 134 valence electrons. The molecule has 0 saturated carbocycles. The van der Waals surface area contributed by atoms with Crippen LogP contribution in [0.3, 0.4) is 0 Å². The number of nitrogens with one attached hydrogen (secondary N) is 1. The van der Waals surface area contributed by atoms with E-state index in [2.05, 4.69) is 10.3 Å². The highest BCUT2D eigenvalue weighted by molar-refractivity contribution is 8.01. The zero-order chi connectivity index (χ0) is 18.8. The smallest absolute Gasteiger partial charge is 0.270 e. The Hall–Kier alpha value is -2.66. The highest BCUT2D eigenvalue weighted by atomic mass is 32.2. The fraction of sp³-hybridized carbons (Fsp3) is 0.0667. The molecule has 1 aromatic heterocycles. The van der Waals surface area contributed by atoms with Crippen molar-refractivity contribution in [3.8, 4) is 0 Å². The molecule has 26 heavy (non-hydrogen) atoms. The van der Waals surface area contributed by atoms with Gasteiger partial charge in [-0.25, -0.2) is 18.2 Å². The van der Waals surface area contributed by atoms with Crippen LogP contribution in [0.2, 0.25) is 0 Å². The molecule has 3 rings (SSSR count). The van der Waals surface area contributed by atoms with E-state index in [4.69, 9.17) is 0 Å². The molecule has 3 aromatic rings. The second-order valence-corrected chi connectivity index (χ2v) is 7.20. The molecule has 0 fully saturated rings. The lowest BCUT2D eigenvalue weighted by Crippen LogP contribution is -2.15. The number of fused-ring (bicyclic) bond motifs is 1. The van der Waals surface area contributed by atoms with Crippen LogP contribution < -0.4 is 5.32 Å². The summed E-state index contributed by atoms with van der Waals surface area (Å²) in [6.07, 6.45) is 0. The summed E-state index contributed by atoms with van der Waals surface area (Å²) in [5, 5.41) is 12.9. The Kier molecular flexibility index (Phi) is 5.09. The van der Waals surface area contributed by atoms with Crippen LogP contribution >= 0.6 is 23.1 Å². The Balaban J connectivity index is 1.67. The summed E-state index contributed by atoms with van der Waals surface area (Å²) in [6, 6.07) is 5.85. The Morgan fingerprint density at radius 3 is 2.73 bits per heavy atom. The number of nitro benzene ring substituents is 1. The summed E-state index contributed by atoms with van der Waals surface area (Å²) >= 11 is 2.20. The van der Waals surface area contributed by atoms with Gasteiger partial charge in [0.05, 0.1) is 26.6 Å². The molecule has 0 aliphatic carbocycles. The van der Waals surface area contributed by atoms with Gasteiger partial charge in [-0.1, -0.05) is 11.8 Å². The predicted molar refractivity (Wildman–Crippen MR) is 91.9 cm³/mol. The molecule has 0 bridgehead atoms. The van der Waals surface area contributed by atoms with Crippen LogP contribution in [-0.2, 0) is 4.79 Å². The summed E-state index contributed by atoms with van der Waals surface area (Å²) < 4.78 is 40.6. The van der Waals surface area contributed by atoms with Crippen molar-refractivity contribution in [1.29, 1.82) is 0 Å². The van der Waals surface area contributed by atoms with Gasteiger partial charge in [-0.3, -0.25) is 14.9 Å². The minimum absolute atomic E-state index is 0.0655. The number of halogens is 3. The van der Waals surface area contributed by atoms with Gasteiger partial charge in [0.25, 0.3) is 5.69 Å². The van der Waals surface area contributed by atoms with E-state index >= 15 is 0 Å². The van der Waals surface area contributed by atoms with E-state index < -0.39 is 34.0 Å². The third-order valence-electron chi connectivity index (χ3n) is 3.20. The molecular weight excluding hydrogens is 391 g/mol. The molecule has 0 unspecified atom stereocenters. The van der Waals surface area contributed by atoms with Crippen LogP contribution in [0, 0.1) is 27.6 Å². The van der Waals surface area contributed by atoms with Crippen molar-refractivity contribution in [2.75, 3.05) is 11.1 Å². The Bertz CT molecular complexity index is 1030. The number of hydrogen-bond acceptors (Lipinski definition) is 6. The number of non-ortho nitro benzene ring substituents is 1. The topological polar surface area (TPSA) is 85.1 Å². The first-order chi connectivity index (χ1) is 12.3. The van der Waals surface area contributed by atoms with Gasteiger partial charge in [0.2, 0.25) is 5.91 Å². The molecule has 0 saturated heterocycles. The number of carbonyl (C=O) groups excluding carboxylic acids is 1. The Morgan fingerprint density at radius 1 is 1.23 bits per heavy atom. The molecular formula is C15H8F3N3O3S2. The highest BCUT2D eigenvalue weighted by Crippen LogP contribution is 2.32. The SMILES string of the molecule is O=C(CSc1nc2ccc([N+](=O)[O-])cc2s1)Nc1ccc(F)c(F)c1F. The van der Waals surface area contributed by atoms with Crippen molar-refractivity contribution >= 4 is 50.6 Å². The molecule has 6 nitrogen and oxygen atoms in total. The number of benzene rings is 2. The van der Waals surface area contributed by atoms with Gasteiger partial charge < -0.3 is 5.32 Å². The standard InChI is InChI=1S/C15H8F3N3O3S2/c16-8-2-4-10(14(18)13(8)17)19-12(22)6-25-15-20-9-3-1-7(21(23)24)5-11(9)26-15/h1-5H,6H2,(H,19,22). The normalized spacial score (nSPS) is 10.9. The number of hydrogen-bond donors (Lipinski definition) is 1. The van der Waals surface area contributed by atoms with Gasteiger partial charge in [0.15, 0.2) is 21.8 Å². The van der Waals surface area contributed by atoms with Crippen LogP contribution in [0.1, 0.15) is 0 Å². The van der Waals surface area contributed by atoms with Crippen LogP contribution in [0.4, 0.5) is 24.5 Å². The number of anilines is 1. The number of aromatic nitrogens is 1. The molecule has 1 amide bonds. The molecule has 0 spiro atoms. The van der Waals surface area contributed by atoms with Crippen LogP contribution in [0.5, 0.6) is 0 Å². The molecule has 11 heteroatoms. The molecule has 1 heterocycles. The number of nitrogens with zero attached hydrogens (tertiary/aromatic N) is 2. The molecule has 0 atom stereocenters. The number of nitro groups is 1. The maximum atomic E-state index is 13.5. The van der Waals surface area contributed by atoms with E-state index in [1.54, 1.807) is 0 Å². The Morgan fingerprint density at radius 2 is 2.00 bits per heavy atom. The lowest BCUT2D eigenvalue weighted by Gasteiger charge is -2.06. The summed E-state index contributed by atoms with van der Waals surface area (Å²) in [6.45, 7) is 0. The van der Waals surface area contributed by atoms with Gasteiger partial charge >= 0.3 is 0 Å². The van der Waals surface area contributed by atoms with Crippen molar-refractivity contribution in [3.63, 3.8) is 0 Å².